The molecule has 1 heterocycles. The third-order valence-electron chi connectivity index (χ3n) is 3.61. The Labute approximate surface area is 138 Å². The number of nitrogens with one attached hydrogen (secondary N) is 1. The molecule has 0 radical (unpaired) electrons. The zero-order valence-corrected chi connectivity index (χ0v) is 15.3. The lowest BCUT2D eigenvalue weighted by molar-refractivity contribution is 0.592. The summed E-state index contributed by atoms with van der Waals surface area (Å²) in [6, 6.07) is 5.59. The summed E-state index contributed by atoms with van der Waals surface area (Å²) in [6.07, 6.45) is 1.07. The molecule has 1 aromatic heterocycles. The first kappa shape index (κ1) is 16.7. The van der Waals surface area contributed by atoms with Gasteiger partial charge in [-0.1, -0.05) is 6.92 Å². The molecule has 2 aromatic rings. The Morgan fingerprint density at radius 2 is 1.76 bits per heavy atom. The average Bonchev–Trinajstić information content (AvgIpc) is 2.72. The minimum atomic E-state index is -0.161. The quantitative estimate of drug-likeness (QED) is 0.716. The van der Waals surface area contributed by atoms with Gasteiger partial charge in [-0.15, -0.1) is 11.3 Å². The van der Waals surface area contributed by atoms with E-state index in [4.69, 9.17) is 0 Å². The van der Waals surface area contributed by atoms with E-state index in [1.807, 2.05) is 13.8 Å². The minimum absolute atomic E-state index is 0.126. The molecule has 0 fully saturated rings. The molecule has 1 N–H and O–H groups in total. The van der Waals surface area contributed by atoms with Gasteiger partial charge in [-0.2, -0.15) is 0 Å². The molecule has 0 aliphatic rings. The molecule has 0 aliphatic carbocycles. The fourth-order valence-corrected chi connectivity index (χ4v) is 4.29. The molecule has 0 bridgehead atoms. The number of rotatable bonds is 5. The fraction of sp³-hybridized carbons (Fsp3) is 0.412. The highest BCUT2D eigenvalue weighted by molar-refractivity contribution is 9.11. The van der Waals surface area contributed by atoms with Gasteiger partial charge in [0, 0.05) is 4.88 Å². The van der Waals surface area contributed by atoms with Crippen LogP contribution in [0.15, 0.2) is 22.0 Å². The van der Waals surface area contributed by atoms with Gasteiger partial charge < -0.3 is 5.32 Å². The zero-order chi connectivity index (χ0) is 15.6. The molecule has 0 saturated heterocycles. The molecule has 1 nitrogen and oxygen atoms in total. The molecule has 1 aromatic carbocycles. The van der Waals surface area contributed by atoms with E-state index in [0.717, 1.165) is 24.1 Å². The van der Waals surface area contributed by atoms with E-state index in [2.05, 4.69) is 41.2 Å². The van der Waals surface area contributed by atoms with Gasteiger partial charge in [0.25, 0.3) is 0 Å². The van der Waals surface area contributed by atoms with Crippen LogP contribution in [-0.4, -0.2) is 6.54 Å². The van der Waals surface area contributed by atoms with Gasteiger partial charge in [0.15, 0.2) is 0 Å². The second-order valence-corrected chi connectivity index (χ2v) is 7.85. The Balaban J connectivity index is 2.50. The summed E-state index contributed by atoms with van der Waals surface area (Å²) in [5.74, 6) is -0.161. The predicted octanol–water partition coefficient (Wildman–Crippen LogP) is 5.66. The van der Waals surface area contributed by atoms with E-state index in [-0.39, 0.29) is 11.9 Å². The van der Waals surface area contributed by atoms with Crippen molar-refractivity contribution >= 4 is 27.3 Å². The smallest absolute Gasteiger partial charge is 0.123 e. The number of halogens is 2. The molecule has 0 aliphatic heterocycles. The van der Waals surface area contributed by atoms with Crippen LogP contribution in [-0.2, 0) is 0 Å². The number of aryl methyl sites for hydroxylation is 3. The van der Waals surface area contributed by atoms with Crippen molar-refractivity contribution in [3.63, 3.8) is 0 Å². The van der Waals surface area contributed by atoms with Gasteiger partial charge >= 0.3 is 0 Å². The number of thiophene rings is 1. The Kier molecular flexibility index (Phi) is 5.58. The highest BCUT2D eigenvalue weighted by Gasteiger charge is 2.21. The molecule has 1 unspecified atom stereocenters. The zero-order valence-electron chi connectivity index (χ0n) is 12.9. The maximum absolute atomic E-state index is 13.6. The lowest BCUT2D eigenvalue weighted by Gasteiger charge is -2.22. The van der Waals surface area contributed by atoms with Gasteiger partial charge in [-0.25, -0.2) is 4.39 Å². The standard InChI is InChI=1S/C17H21BrFNS/c1-5-6-20-16(14-9-12(4)17(18)21-14)15-10(2)7-13(19)8-11(15)3/h7-9,16,20H,5-6H2,1-4H3. The van der Waals surface area contributed by atoms with Crippen LogP contribution in [0.3, 0.4) is 0 Å². The molecule has 21 heavy (non-hydrogen) atoms. The largest absolute Gasteiger partial charge is 0.306 e. The van der Waals surface area contributed by atoms with E-state index in [1.165, 1.54) is 19.8 Å². The van der Waals surface area contributed by atoms with Gasteiger partial charge in [-0.3, -0.25) is 0 Å². The Hall–Kier alpha value is -0.710. The normalized spacial score (nSPS) is 12.7. The van der Waals surface area contributed by atoms with Crippen LogP contribution >= 0.6 is 27.3 Å². The summed E-state index contributed by atoms with van der Waals surface area (Å²) in [5.41, 5.74) is 4.45. The van der Waals surface area contributed by atoms with E-state index in [9.17, 15) is 4.39 Å². The van der Waals surface area contributed by atoms with Crippen molar-refractivity contribution < 1.29 is 4.39 Å². The number of hydrogen-bond acceptors (Lipinski definition) is 2. The SMILES string of the molecule is CCCNC(c1cc(C)c(Br)s1)c1c(C)cc(F)cc1C. The summed E-state index contributed by atoms with van der Waals surface area (Å²) < 4.78 is 14.7. The molecule has 114 valence electrons. The molecule has 2 rings (SSSR count). The summed E-state index contributed by atoms with van der Waals surface area (Å²) in [7, 11) is 0. The monoisotopic (exact) mass is 369 g/mol. The first-order chi connectivity index (χ1) is 9.93. The second kappa shape index (κ2) is 7.03. The van der Waals surface area contributed by atoms with Gasteiger partial charge in [-0.05, 0) is 90.1 Å². The highest BCUT2D eigenvalue weighted by atomic mass is 79.9. The van der Waals surface area contributed by atoms with Crippen molar-refractivity contribution in [2.75, 3.05) is 6.54 Å². The van der Waals surface area contributed by atoms with Crippen LogP contribution in [0.4, 0.5) is 4.39 Å². The van der Waals surface area contributed by atoms with Crippen LogP contribution in [0, 0.1) is 26.6 Å². The molecule has 0 saturated carbocycles. The lowest BCUT2D eigenvalue weighted by Crippen LogP contribution is -2.24. The van der Waals surface area contributed by atoms with Gasteiger partial charge in [0.05, 0.1) is 9.83 Å². The van der Waals surface area contributed by atoms with Crippen molar-refractivity contribution in [2.24, 2.45) is 0 Å². The molecular formula is C17H21BrFNS. The fourth-order valence-electron chi connectivity index (χ4n) is 2.64. The van der Waals surface area contributed by atoms with Crippen LogP contribution in [0.1, 0.15) is 46.5 Å². The highest BCUT2D eigenvalue weighted by Crippen LogP contribution is 2.36. The van der Waals surface area contributed by atoms with Crippen molar-refractivity contribution in [3.8, 4) is 0 Å². The maximum atomic E-state index is 13.6. The Morgan fingerprint density at radius 1 is 1.14 bits per heavy atom. The third-order valence-corrected chi connectivity index (χ3v) is 5.81. The number of hydrogen-bond donors (Lipinski definition) is 1. The van der Waals surface area contributed by atoms with Crippen LogP contribution in [0.25, 0.3) is 0 Å². The second-order valence-electron chi connectivity index (χ2n) is 5.45. The Bertz CT molecular complexity index is 593. The van der Waals surface area contributed by atoms with Crippen molar-refractivity contribution in [1.82, 2.24) is 5.32 Å². The summed E-state index contributed by atoms with van der Waals surface area (Å²) in [4.78, 5) is 1.27. The Morgan fingerprint density at radius 3 is 2.24 bits per heavy atom. The minimum Gasteiger partial charge on any atom is -0.306 e. The van der Waals surface area contributed by atoms with E-state index in [1.54, 1.807) is 23.5 Å². The summed E-state index contributed by atoms with van der Waals surface area (Å²) >= 11 is 5.35. The molecule has 4 heteroatoms. The maximum Gasteiger partial charge on any atom is 0.123 e. The predicted molar refractivity (Wildman–Crippen MR) is 92.8 cm³/mol. The van der Waals surface area contributed by atoms with Crippen LogP contribution in [0.2, 0.25) is 0 Å². The molecule has 0 spiro atoms. The third kappa shape index (κ3) is 3.74. The molecule has 0 amide bonds. The van der Waals surface area contributed by atoms with Gasteiger partial charge in [0.2, 0.25) is 0 Å². The van der Waals surface area contributed by atoms with Crippen LogP contribution < -0.4 is 5.32 Å². The summed E-state index contributed by atoms with van der Waals surface area (Å²) in [5, 5.41) is 3.61. The van der Waals surface area contributed by atoms with Crippen LogP contribution in [0.5, 0.6) is 0 Å². The van der Waals surface area contributed by atoms with Crippen molar-refractivity contribution in [1.29, 1.82) is 0 Å². The first-order valence-corrected chi connectivity index (χ1v) is 8.80. The van der Waals surface area contributed by atoms with E-state index >= 15 is 0 Å². The van der Waals surface area contributed by atoms with Crippen molar-refractivity contribution in [2.45, 2.75) is 40.2 Å². The topological polar surface area (TPSA) is 12.0 Å². The van der Waals surface area contributed by atoms with E-state index < -0.39 is 0 Å². The molecule has 1 atom stereocenters. The molecular weight excluding hydrogens is 349 g/mol. The summed E-state index contributed by atoms with van der Waals surface area (Å²) in [6.45, 7) is 9.17. The average molecular weight is 370 g/mol. The lowest BCUT2D eigenvalue weighted by atomic mass is 9.94. The van der Waals surface area contributed by atoms with E-state index in [0.29, 0.717) is 0 Å². The van der Waals surface area contributed by atoms with Crippen molar-refractivity contribution in [3.05, 3.63) is 54.9 Å². The van der Waals surface area contributed by atoms with Gasteiger partial charge in [0.1, 0.15) is 5.82 Å². The number of benzene rings is 1. The first-order valence-electron chi connectivity index (χ1n) is 7.19.